The first-order valence-electron chi connectivity index (χ1n) is 4.75. The second-order valence-electron chi connectivity index (χ2n) is 3.24. The number of benzene rings is 1. The highest BCUT2D eigenvalue weighted by atomic mass is 35.5. The molecule has 0 saturated carbocycles. The van der Waals surface area contributed by atoms with Crippen molar-refractivity contribution in [3.05, 3.63) is 41.0 Å². The average molecular weight is 253 g/mol. The van der Waals surface area contributed by atoms with Crippen molar-refractivity contribution in [2.45, 2.75) is 0 Å². The number of carboxylic acids is 1. The predicted octanol–water partition coefficient (Wildman–Crippen LogP) is 2.23. The molecule has 0 amide bonds. The number of halogens is 1. The van der Waals surface area contributed by atoms with Crippen molar-refractivity contribution in [1.29, 1.82) is 0 Å². The van der Waals surface area contributed by atoms with Gasteiger partial charge in [0.15, 0.2) is 5.69 Å². The number of aromatic carboxylic acids is 1. The Balaban J connectivity index is 2.59. The minimum Gasteiger partial charge on any atom is -0.481 e. The maximum Gasteiger partial charge on any atom is 0.356 e. The lowest BCUT2D eigenvalue weighted by Gasteiger charge is -2.06. The number of hydrogen-bond donors (Lipinski definition) is 1. The Morgan fingerprint density at radius 2 is 2.18 bits per heavy atom. The summed E-state index contributed by atoms with van der Waals surface area (Å²) in [4.78, 5) is 10.8. The molecule has 1 aromatic heterocycles. The zero-order valence-corrected chi connectivity index (χ0v) is 9.68. The van der Waals surface area contributed by atoms with E-state index in [2.05, 4.69) is 5.10 Å². The SMILES string of the molecule is COc1cc(C(=O)O)nn1-c1ccccc1Cl. The van der Waals surface area contributed by atoms with Crippen molar-refractivity contribution in [2.75, 3.05) is 7.11 Å². The summed E-state index contributed by atoms with van der Waals surface area (Å²) < 4.78 is 6.42. The van der Waals surface area contributed by atoms with Gasteiger partial charge in [0, 0.05) is 6.07 Å². The van der Waals surface area contributed by atoms with Crippen molar-refractivity contribution in [3.63, 3.8) is 0 Å². The second kappa shape index (κ2) is 4.47. The molecule has 1 aromatic carbocycles. The third kappa shape index (κ3) is 2.09. The summed E-state index contributed by atoms with van der Waals surface area (Å²) in [5.41, 5.74) is 0.472. The molecule has 1 heterocycles. The van der Waals surface area contributed by atoms with Gasteiger partial charge in [0.05, 0.1) is 17.8 Å². The van der Waals surface area contributed by atoms with Gasteiger partial charge in [-0.1, -0.05) is 23.7 Å². The Morgan fingerprint density at radius 3 is 2.76 bits per heavy atom. The quantitative estimate of drug-likeness (QED) is 0.910. The van der Waals surface area contributed by atoms with Crippen LogP contribution >= 0.6 is 11.6 Å². The lowest BCUT2D eigenvalue weighted by molar-refractivity contribution is 0.0690. The highest BCUT2D eigenvalue weighted by molar-refractivity contribution is 6.32. The Morgan fingerprint density at radius 1 is 1.47 bits per heavy atom. The number of carboxylic acid groups (broad SMARTS) is 1. The molecule has 2 rings (SSSR count). The topological polar surface area (TPSA) is 64.3 Å². The first-order chi connectivity index (χ1) is 8.13. The van der Waals surface area contributed by atoms with Gasteiger partial charge in [-0.15, -0.1) is 0 Å². The van der Waals surface area contributed by atoms with Crippen molar-refractivity contribution >= 4 is 17.6 Å². The summed E-state index contributed by atoms with van der Waals surface area (Å²) >= 11 is 6.01. The van der Waals surface area contributed by atoms with Crippen LogP contribution in [0.5, 0.6) is 5.88 Å². The Hall–Kier alpha value is -2.01. The molecule has 0 atom stereocenters. The van der Waals surface area contributed by atoms with Crippen LogP contribution in [0.4, 0.5) is 0 Å². The summed E-state index contributed by atoms with van der Waals surface area (Å²) in [6, 6.07) is 8.32. The van der Waals surface area contributed by atoms with E-state index >= 15 is 0 Å². The predicted molar refractivity (Wildman–Crippen MR) is 62.1 cm³/mol. The molecule has 1 N–H and O–H groups in total. The van der Waals surface area contributed by atoms with Gasteiger partial charge in [0.1, 0.15) is 0 Å². The van der Waals surface area contributed by atoms with Crippen LogP contribution in [0.3, 0.4) is 0 Å². The molecule has 0 saturated heterocycles. The van der Waals surface area contributed by atoms with Crippen molar-refractivity contribution < 1.29 is 14.6 Å². The number of ether oxygens (including phenoxy) is 1. The summed E-state index contributed by atoms with van der Waals surface area (Å²) in [5.74, 6) is -0.801. The number of methoxy groups -OCH3 is 1. The fourth-order valence-corrected chi connectivity index (χ4v) is 1.63. The van der Waals surface area contributed by atoms with Crippen LogP contribution < -0.4 is 4.74 Å². The number of aromatic nitrogens is 2. The van der Waals surface area contributed by atoms with E-state index in [0.29, 0.717) is 16.6 Å². The van der Waals surface area contributed by atoms with Gasteiger partial charge in [-0.05, 0) is 12.1 Å². The van der Waals surface area contributed by atoms with Gasteiger partial charge in [0.25, 0.3) is 0 Å². The van der Waals surface area contributed by atoms with Crippen molar-refractivity contribution in [2.24, 2.45) is 0 Å². The van der Waals surface area contributed by atoms with Crippen LogP contribution in [0.15, 0.2) is 30.3 Å². The Bertz CT molecular complexity index is 566. The summed E-state index contributed by atoms with van der Waals surface area (Å²) in [7, 11) is 1.44. The van der Waals surface area contributed by atoms with Crippen LogP contribution in [0.2, 0.25) is 5.02 Å². The monoisotopic (exact) mass is 252 g/mol. The molecule has 0 bridgehead atoms. The first kappa shape index (κ1) is 11.5. The fourth-order valence-electron chi connectivity index (χ4n) is 1.41. The maximum absolute atomic E-state index is 10.8. The molecule has 0 radical (unpaired) electrons. The Labute approximate surface area is 102 Å². The van der Waals surface area contributed by atoms with E-state index in [1.54, 1.807) is 24.3 Å². The third-order valence-electron chi connectivity index (χ3n) is 2.19. The largest absolute Gasteiger partial charge is 0.481 e. The van der Waals surface area contributed by atoms with E-state index in [1.807, 2.05) is 0 Å². The molecule has 0 aliphatic rings. The Kier molecular flexibility index (Phi) is 3.01. The summed E-state index contributed by atoms with van der Waals surface area (Å²) in [6.45, 7) is 0. The molecule has 0 aliphatic carbocycles. The average Bonchev–Trinajstić information content (AvgIpc) is 2.73. The fraction of sp³-hybridized carbons (Fsp3) is 0.0909. The molecule has 2 aromatic rings. The van der Waals surface area contributed by atoms with Gasteiger partial charge in [-0.25, -0.2) is 4.79 Å². The smallest absolute Gasteiger partial charge is 0.356 e. The zero-order valence-electron chi connectivity index (χ0n) is 8.92. The molecule has 5 nitrogen and oxygen atoms in total. The molecule has 0 unspecified atom stereocenters. The van der Waals surface area contributed by atoms with E-state index < -0.39 is 5.97 Å². The third-order valence-corrected chi connectivity index (χ3v) is 2.51. The normalized spacial score (nSPS) is 10.2. The van der Waals surface area contributed by atoms with E-state index in [-0.39, 0.29) is 5.69 Å². The molecule has 6 heteroatoms. The highest BCUT2D eigenvalue weighted by Crippen LogP contribution is 2.25. The zero-order chi connectivity index (χ0) is 12.4. The number of hydrogen-bond acceptors (Lipinski definition) is 3. The molecule has 17 heavy (non-hydrogen) atoms. The van der Waals surface area contributed by atoms with Gasteiger partial charge in [-0.3, -0.25) is 0 Å². The lowest BCUT2D eigenvalue weighted by Crippen LogP contribution is -2.03. The lowest BCUT2D eigenvalue weighted by atomic mass is 10.3. The summed E-state index contributed by atoms with van der Waals surface area (Å²) in [5, 5.41) is 13.3. The second-order valence-corrected chi connectivity index (χ2v) is 3.65. The van der Waals surface area contributed by atoms with E-state index in [9.17, 15) is 4.79 Å². The van der Waals surface area contributed by atoms with E-state index in [1.165, 1.54) is 17.9 Å². The van der Waals surface area contributed by atoms with Crippen LogP contribution in [0.1, 0.15) is 10.5 Å². The minimum absolute atomic E-state index is 0.0956. The number of rotatable bonds is 3. The van der Waals surface area contributed by atoms with E-state index in [0.717, 1.165) is 0 Å². The number of para-hydroxylation sites is 1. The number of nitrogens with zero attached hydrogens (tertiary/aromatic N) is 2. The molecular weight excluding hydrogens is 244 g/mol. The van der Waals surface area contributed by atoms with Crippen LogP contribution in [-0.4, -0.2) is 28.0 Å². The van der Waals surface area contributed by atoms with Gasteiger partial charge < -0.3 is 9.84 Å². The minimum atomic E-state index is -1.12. The van der Waals surface area contributed by atoms with Crippen molar-refractivity contribution in [3.8, 4) is 11.6 Å². The molecule has 0 spiro atoms. The van der Waals surface area contributed by atoms with Gasteiger partial charge in [0.2, 0.25) is 5.88 Å². The van der Waals surface area contributed by atoms with Gasteiger partial charge in [-0.2, -0.15) is 9.78 Å². The van der Waals surface area contributed by atoms with Gasteiger partial charge >= 0.3 is 5.97 Å². The maximum atomic E-state index is 10.8. The molecular formula is C11H9ClN2O3. The molecule has 0 fully saturated rings. The number of carbonyl (C=O) groups is 1. The van der Waals surface area contributed by atoms with Crippen molar-refractivity contribution in [1.82, 2.24) is 9.78 Å². The van der Waals surface area contributed by atoms with Crippen LogP contribution in [0, 0.1) is 0 Å². The molecule has 0 aliphatic heterocycles. The van der Waals surface area contributed by atoms with Crippen LogP contribution in [0.25, 0.3) is 5.69 Å². The van der Waals surface area contributed by atoms with Crippen LogP contribution in [-0.2, 0) is 0 Å². The standard InChI is InChI=1S/C11H9ClN2O3/c1-17-10-6-8(11(15)16)13-14(10)9-5-3-2-4-7(9)12/h2-6H,1H3,(H,15,16). The highest BCUT2D eigenvalue weighted by Gasteiger charge is 2.16. The first-order valence-corrected chi connectivity index (χ1v) is 5.13. The molecule has 88 valence electrons. The summed E-state index contributed by atoms with van der Waals surface area (Å²) in [6.07, 6.45) is 0. The van der Waals surface area contributed by atoms with E-state index in [4.69, 9.17) is 21.4 Å².